The first-order valence-corrected chi connectivity index (χ1v) is 7.52. The van der Waals surface area contributed by atoms with Gasteiger partial charge in [-0.25, -0.2) is 9.97 Å². The van der Waals surface area contributed by atoms with Crippen LogP contribution in [0.3, 0.4) is 0 Å². The van der Waals surface area contributed by atoms with Gasteiger partial charge in [0.2, 0.25) is 0 Å². The van der Waals surface area contributed by atoms with Crippen LogP contribution < -0.4 is 5.32 Å². The second-order valence-corrected chi connectivity index (χ2v) is 5.30. The van der Waals surface area contributed by atoms with Gasteiger partial charge in [-0.3, -0.25) is 0 Å². The SMILES string of the molecule is c1ccc(-c2ccnc(Nc3nccc4ccccc34)c2)cc1. The third-order valence-corrected chi connectivity index (χ3v) is 3.79. The van der Waals surface area contributed by atoms with Crippen LogP contribution in [0.4, 0.5) is 11.6 Å². The van der Waals surface area contributed by atoms with Crippen molar-refractivity contribution in [2.24, 2.45) is 0 Å². The normalized spacial score (nSPS) is 10.6. The van der Waals surface area contributed by atoms with Crippen LogP contribution in [-0.4, -0.2) is 9.97 Å². The highest BCUT2D eigenvalue weighted by Crippen LogP contribution is 2.25. The molecule has 0 radical (unpaired) electrons. The van der Waals surface area contributed by atoms with Gasteiger partial charge in [0.05, 0.1) is 0 Å². The molecule has 4 rings (SSSR count). The Kier molecular flexibility index (Phi) is 3.45. The molecule has 0 amide bonds. The van der Waals surface area contributed by atoms with Crippen LogP contribution in [0.2, 0.25) is 0 Å². The molecule has 0 fully saturated rings. The average Bonchev–Trinajstić information content (AvgIpc) is 2.63. The fourth-order valence-corrected chi connectivity index (χ4v) is 2.65. The second kappa shape index (κ2) is 5.89. The molecule has 4 aromatic rings. The molecule has 23 heavy (non-hydrogen) atoms. The third-order valence-electron chi connectivity index (χ3n) is 3.79. The summed E-state index contributed by atoms with van der Waals surface area (Å²) in [6.07, 6.45) is 3.63. The molecule has 3 nitrogen and oxygen atoms in total. The second-order valence-electron chi connectivity index (χ2n) is 5.30. The van der Waals surface area contributed by atoms with Crippen molar-refractivity contribution in [1.29, 1.82) is 0 Å². The van der Waals surface area contributed by atoms with E-state index in [1.54, 1.807) is 0 Å². The summed E-state index contributed by atoms with van der Waals surface area (Å²) in [6, 6.07) is 24.5. The van der Waals surface area contributed by atoms with E-state index in [9.17, 15) is 0 Å². The Hall–Kier alpha value is -3.20. The molecule has 0 atom stereocenters. The minimum absolute atomic E-state index is 0.787. The van der Waals surface area contributed by atoms with Crippen molar-refractivity contribution >= 4 is 22.4 Å². The number of anilines is 2. The fraction of sp³-hybridized carbons (Fsp3) is 0. The number of nitrogens with one attached hydrogen (secondary N) is 1. The molecule has 3 heteroatoms. The minimum atomic E-state index is 0.787. The lowest BCUT2D eigenvalue weighted by molar-refractivity contribution is 1.27. The zero-order valence-corrected chi connectivity index (χ0v) is 12.5. The zero-order chi connectivity index (χ0) is 15.5. The van der Waals surface area contributed by atoms with Gasteiger partial charge in [0.25, 0.3) is 0 Å². The predicted molar refractivity (Wildman–Crippen MR) is 94.7 cm³/mol. The molecule has 0 bridgehead atoms. The number of pyridine rings is 2. The fourth-order valence-electron chi connectivity index (χ4n) is 2.65. The molecule has 2 aromatic heterocycles. The number of nitrogens with zero attached hydrogens (tertiary/aromatic N) is 2. The lowest BCUT2D eigenvalue weighted by Crippen LogP contribution is -1.97. The highest BCUT2D eigenvalue weighted by atomic mass is 15.0. The summed E-state index contributed by atoms with van der Waals surface area (Å²) in [5.41, 5.74) is 2.30. The molecule has 0 saturated heterocycles. The number of aromatic nitrogens is 2. The first-order valence-electron chi connectivity index (χ1n) is 7.52. The van der Waals surface area contributed by atoms with E-state index < -0.39 is 0 Å². The molecule has 0 aliphatic heterocycles. The van der Waals surface area contributed by atoms with Crippen LogP contribution in [-0.2, 0) is 0 Å². The Morgan fingerprint density at radius 2 is 1.43 bits per heavy atom. The van der Waals surface area contributed by atoms with Crippen LogP contribution in [0.15, 0.2) is 85.2 Å². The van der Waals surface area contributed by atoms with Crippen LogP contribution >= 0.6 is 0 Å². The summed E-state index contributed by atoms with van der Waals surface area (Å²) in [4.78, 5) is 8.87. The third kappa shape index (κ3) is 2.77. The van der Waals surface area contributed by atoms with Crippen molar-refractivity contribution in [2.75, 3.05) is 5.32 Å². The summed E-state index contributed by atoms with van der Waals surface area (Å²) in [5, 5.41) is 5.58. The van der Waals surface area contributed by atoms with Gasteiger partial charge in [-0.2, -0.15) is 0 Å². The summed E-state index contributed by atoms with van der Waals surface area (Å²) < 4.78 is 0. The maximum Gasteiger partial charge on any atom is 0.139 e. The highest BCUT2D eigenvalue weighted by Gasteiger charge is 2.04. The zero-order valence-electron chi connectivity index (χ0n) is 12.5. The van der Waals surface area contributed by atoms with E-state index in [4.69, 9.17) is 0 Å². The highest BCUT2D eigenvalue weighted by molar-refractivity contribution is 5.93. The number of benzene rings is 2. The van der Waals surface area contributed by atoms with Gasteiger partial charge in [0.15, 0.2) is 0 Å². The van der Waals surface area contributed by atoms with Crippen LogP contribution in [0.25, 0.3) is 21.9 Å². The summed E-state index contributed by atoms with van der Waals surface area (Å²) in [5.74, 6) is 1.61. The van der Waals surface area contributed by atoms with Crippen LogP contribution in [0, 0.1) is 0 Å². The Labute approximate surface area is 134 Å². The molecular weight excluding hydrogens is 282 g/mol. The maximum absolute atomic E-state index is 4.45. The largest absolute Gasteiger partial charge is 0.324 e. The van der Waals surface area contributed by atoms with Gasteiger partial charge in [-0.15, -0.1) is 0 Å². The van der Waals surface area contributed by atoms with E-state index in [0.717, 1.165) is 28.0 Å². The average molecular weight is 297 g/mol. The molecule has 2 heterocycles. The predicted octanol–water partition coefficient (Wildman–Crippen LogP) is 5.04. The molecule has 0 aliphatic rings. The molecule has 0 saturated carbocycles. The Morgan fingerprint density at radius 1 is 0.652 bits per heavy atom. The molecule has 0 unspecified atom stereocenters. The van der Waals surface area contributed by atoms with Crippen molar-refractivity contribution in [2.45, 2.75) is 0 Å². The first-order chi connectivity index (χ1) is 11.4. The lowest BCUT2D eigenvalue weighted by Gasteiger charge is -2.09. The lowest BCUT2D eigenvalue weighted by atomic mass is 10.1. The van der Waals surface area contributed by atoms with Crippen LogP contribution in [0.1, 0.15) is 0 Å². The summed E-state index contributed by atoms with van der Waals surface area (Å²) in [7, 11) is 0. The molecule has 0 spiro atoms. The molecular formula is C20H15N3. The number of hydrogen-bond acceptors (Lipinski definition) is 3. The van der Waals surface area contributed by atoms with Gasteiger partial charge < -0.3 is 5.32 Å². The number of rotatable bonds is 3. The van der Waals surface area contributed by atoms with Gasteiger partial charge in [0, 0.05) is 17.8 Å². The topological polar surface area (TPSA) is 37.8 Å². The maximum atomic E-state index is 4.45. The van der Waals surface area contributed by atoms with E-state index in [0.29, 0.717) is 0 Å². The molecule has 2 aromatic carbocycles. The standard InChI is InChI=1S/C20H15N3/c1-2-6-15(7-3-1)17-11-12-21-19(14-17)23-20-18-9-5-4-8-16(18)10-13-22-20/h1-14H,(H,21,22,23). The first kappa shape index (κ1) is 13.5. The van der Waals surface area contributed by atoms with E-state index in [-0.39, 0.29) is 0 Å². The molecule has 110 valence electrons. The van der Waals surface area contributed by atoms with Crippen molar-refractivity contribution in [3.05, 3.63) is 85.2 Å². The number of fused-ring (bicyclic) bond motifs is 1. The Balaban J connectivity index is 1.72. The van der Waals surface area contributed by atoms with Gasteiger partial charge >= 0.3 is 0 Å². The van der Waals surface area contributed by atoms with Crippen molar-refractivity contribution in [3.63, 3.8) is 0 Å². The quantitative estimate of drug-likeness (QED) is 0.575. The Morgan fingerprint density at radius 3 is 2.35 bits per heavy atom. The van der Waals surface area contributed by atoms with E-state index >= 15 is 0 Å². The van der Waals surface area contributed by atoms with Crippen molar-refractivity contribution < 1.29 is 0 Å². The number of hydrogen-bond donors (Lipinski definition) is 1. The smallest absolute Gasteiger partial charge is 0.139 e. The molecule has 0 aliphatic carbocycles. The minimum Gasteiger partial charge on any atom is -0.324 e. The molecule has 1 N–H and O–H groups in total. The van der Waals surface area contributed by atoms with Crippen molar-refractivity contribution in [3.8, 4) is 11.1 Å². The van der Waals surface area contributed by atoms with E-state index in [1.165, 1.54) is 5.56 Å². The van der Waals surface area contributed by atoms with Gasteiger partial charge in [0.1, 0.15) is 11.6 Å². The van der Waals surface area contributed by atoms with E-state index in [2.05, 4.69) is 39.6 Å². The van der Waals surface area contributed by atoms with Crippen molar-refractivity contribution in [1.82, 2.24) is 9.97 Å². The van der Waals surface area contributed by atoms with Crippen LogP contribution in [0.5, 0.6) is 0 Å². The summed E-state index contributed by atoms with van der Waals surface area (Å²) in [6.45, 7) is 0. The van der Waals surface area contributed by atoms with E-state index in [1.807, 2.05) is 60.9 Å². The Bertz CT molecular complexity index is 944. The van der Waals surface area contributed by atoms with Gasteiger partial charge in [-0.05, 0) is 34.7 Å². The monoisotopic (exact) mass is 297 g/mol. The van der Waals surface area contributed by atoms with Gasteiger partial charge in [-0.1, -0.05) is 54.6 Å². The summed E-state index contributed by atoms with van der Waals surface area (Å²) >= 11 is 0.